The third kappa shape index (κ3) is 2.95. The molecule has 1 fully saturated rings. The Morgan fingerprint density at radius 1 is 1.30 bits per heavy atom. The topological polar surface area (TPSA) is 119 Å². The molecule has 1 aliphatic rings. The standard InChI is InChI=1S/C17H18N4O5S/c22-9-8-20-16(19-14-5-2-1-4-13(14)17(20)23)15-6-3-7-21(15)27(24,25)12-10-18-26-11-12/h1-2,4-5,10-11,15,22H,3,6-9H2. The van der Waals surface area contributed by atoms with E-state index in [1.807, 2.05) is 0 Å². The van der Waals surface area contributed by atoms with Crippen LogP contribution in [-0.4, -0.2) is 45.7 Å². The van der Waals surface area contributed by atoms with Gasteiger partial charge in [0.05, 0.1) is 36.3 Å². The number of para-hydroxylation sites is 1. The van der Waals surface area contributed by atoms with Crippen LogP contribution < -0.4 is 5.56 Å². The second kappa shape index (κ2) is 6.87. The molecule has 142 valence electrons. The number of sulfonamides is 1. The Morgan fingerprint density at radius 3 is 2.85 bits per heavy atom. The van der Waals surface area contributed by atoms with Crippen molar-refractivity contribution in [2.75, 3.05) is 13.2 Å². The van der Waals surface area contributed by atoms with Gasteiger partial charge in [-0.05, 0) is 25.0 Å². The first-order chi connectivity index (χ1) is 13.0. The van der Waals surface area contributed by atoms with Gasteiger partial charge in [-0.25, -0.2) is 13.4 Å². The highest BCUT2D eigenvalue weighted by molar-refractivity contribution is 7.89. The molecule has 1 N–H and O–H groups in total. The van der Waals surface area contributed by atoms with E-state index in [0.29, 0.717) is 36.1 Å². The summed E-state index contributed by atoms with van der Waals surface area (Å²) in [4.78, 5) is 17.5. The summed E-state index contributed by atoms with van der Waals surface area (Å²) in [7, 11) is -3.83. The summed E-state index contributed by atoms with van der Waals surface area (Å²) in [6, 6.07) is 6.30. The van der Waals surface area contributed by atoms with Crippen LogP contribution in [0.4, 0.5) is 0 Å². The number of fused-ring (bicyclic) bond motifs is 1. The van der Waals surface area contributed by atoms with Crippen LogP contribution in [0.25, 0.3) is 10.9 Å². The van der Waals surface area contributed by atoms with Crippen LogP contribution in [0.1, 0.15) is 24.7 Å². The minimum Gasteiger partial charge on any atom is -0.395 e. The molecule has 1 saturated heterocycles. The van der Waals surface area contributed by atoms with E-state index >= 15 is 0 Å². The molecule has 0 spiro atoms. The number of aliphatic hydroxyl groups excluding tert-OH is 1. The smallest absolute Gasteiger partial charge is 0.261 e. The van der Waals surface area contributed by atoms with Crippen molar-refractivity contribution in [2.45, 2.75) is 30.3 Å². The lowest BCUT2D eigenvalue weighted by molar-refractivity contribution is 0.266. The average molecular weight is 390 g/mol. The van der Waals surface area contributed by atoms with Crippen molar-refractivity contribution >= 4 is 20.9 Å². The summed E-state index contributed by atoms with van der Waals surface area (Å²) in [5.74, 6) is 0.338. The number of hydrogen-bond donors (Lipinski definition) is 1. The molecule has 1 unspecified atom stereocenters. The Balaban J connectivity index is 1.88. The van der Waals surface area contributed by atoms with Crippen molar-refractivity contribution in [3.05, 3.63) is 52.9 Å². The van der Waals surface area contributed by atoms with Crippen LogP contribution >= 0.6 is 0 Å². The van der Waals surface area contributed by atoms with Crippen molar-refractivity contribution in [1.29, 1.82) is 0 Å². The van der Waals surface area contributed by atoms with E-state index in [1.54, 1.807) is 24.3 Å². The highest BCUT2D eigenvalue weighted by Gasteiger charge is 2.39. The molecule has 0 radical (unpaired) electrons. The minimum atomic E-state index is -3.83. The molecule has 0 aliphatic carbocycles. The zero-order valence-electron chi connectivity index (χ0n) is 14.4. The molecule has 3 aromatic rings. The largest absolute Gasteiger partial charge is 0.395 e. The molecule has 3 heterocycles. The van der Waals surface area contributed by atoms with E-state index in [9.17, 15) is 18.3 Å². The zero-order chi connectivity index (χ0) is 19.0. The number of aliphatic hydroxyl groups is 1. The van der Waals surface area contributed by atoms with Gasteiger partial charge in [-0.1, -0.05) is 17.3 Å². The number of rotatable bonds is 5. The predicted molar refractivity (Wildman–Crippen MR) is 95.5 cm³/mol. The Bertz CT molecular complexity index is 1120. The maximum Gasteiger partial charge on any atom is 0.261 e. The lowest BCUT2D eigenvalue weighted by Crippen LogP contribution is -2.36. The summed E-state index contributed by atoms with van der Waals surface area (Å²) in [6.07, 6.45) is 3.40. The molecular formula is C17H18N4O5S. The fraction of sp³-hybridized carbons (Fsp3) is 0.353. The van der Waals surface area contributed by atoms with Crippen LogP contribution in [0.2, 0.25) is 0 Å². The van der Waals surface area contributed by atoms with E-state index in [2.05, 4.69) is 14.7 Å². The van der Waals surface area contributed by atoms with Crippen molar-refractivity contribution in [3.8, 4) is 0 Å². The second-order valence-corrected chi connectivity index (χ2v) is 8.19. The van der Waals surface area contributed by atoms with Gasteiger partial charge in [-0.3, -0.25) is 9.36 Å². The van der Waals surface area contributed by atoms with Crippen LogP contribution in [0, 0.1) is 0 Å². The Morgan fingerprint density at radius 2 is 2.11 bits per heavy atom. The van der Waals surface area contributed by atoms with E-state index in [4.69, 9.17) is 0 Å². The summed E-state index contributed by atoms with van der Waals surface area (Å²) >= 11 is 0. The number of nitrogens with zero attached hydrogens (tertiary/aromatic N) is 4. The average Bonchev–Trinajstić information content (AvgIpc) is 3.36. The number of benzene rings is 1. The number of aromatic nitrogens is 3. The molecule has 0 saturated carbocycles. The van der Waals surface area contributed by atoms with Gasteiger partial charge in [0.2, 0.25) is 10.0 Å². The molecule has 2 aromatic heterocycles. The zero-order valence-corrected chi connectivity index (χ0v) is 15.2. The maximum absolute atomic E-state index is 13.0. The first-order valence-electron chi connectivity index (χ1n) is 8.55. The molecule has 10 heteroatoms. The van der Waals surface area contributed by atoms with Gasteiger partial charge >= 0.3 is 0 Å². The quantitative estimate of drug-likeness (QED) is 0.687. The molecule has 1 aromatic carbocycles. The highest BCUT2D eigenvalue weighted by atomic mass is 32.2. The molecular weight excluding hydrogens is 372 g/mol. The van der Waals surface area contributed by atoms with Crippen molar-refractivity contribution < 1.29 is 18.0 Å². The van der Waals surface area contributed by atoms with E-state index < -0.39 is 16.1 Å². The van der Waals surface area contributed by atoms with Crippen LogP contribution in [0.3, 0.4) is 0 Å². The third-order valence-electron chi connectivity index (χ3n) is 4.73. The fourth-order valence-electron chi connectivity index (χ4n) is 3.50. The van der Waals surface area contributed by atoms with Crippen LogP contribution in [-0.2, 0) is 16.6 Å². The fourth-order valence-corrected chi connectivity index (χ4v) is 5.02. The van der Waals surface area contributed by atoms with Crippen molar-refractivity contribution in [3.63, 3.8) is 0 Å². The summed E-state index contributed by atoms with van der Waals surface area (Å²) in [6.45, 7) is 0.0989. The summed E-state index contributed by atoms with van der Waals surface area (Å²) in [5, 5.41) is 13.3. The third-order valence-corrected chi connectivity index (χ3v) is 6.58. The van der Waals surface area contributed by atoms with Crippen LogP contribution in [0.15, 0.2) is 50.9 Å². The van der Waals surface area contributed by atoms with Gasteiger partial charge in [0.15, 0.2) is 0 Å². The highest BCUT2D eigenvalue weighted by Crippen LogP contribution is 2.35. The molecule has 4 rings (SSSR count). The van der Waals surface area contributed by atoms with Crippen molar-refractivity contribution in [2.24, 2.45) is 0 Å². The maximum atomic E-state index is 13.0. The molecule has 0 bridgehead atoms. The Kier molecular flexibility index (Phi) is 4.54. The van der Waals surface area contributed by atoms with E-state index in [1.165, 1.54) is 8.87 Å². The van der Waals surface area contributed by atoms with Gasteiger partial charge < -0.3 is 9.63 Å². The second-order valence-electron chi connectivity index (χ2n) is 6.30. The van der Waals surface area contributed by atoms with Crippen LogP contribution in [0.5, 0.6) is 0 Å². The van der Waals surface area contributed by atoms with Gasteiger partial charge in [0.1, 0.15) is 17.0 Å². The first-order valence-corrected chi connectivity index (χ1v) is 9.99. The van der Waals surface area contributed by atoms with Gasteiger partial charge in [0.25, 0.3) is 5.56 Å². The van der Waals surface area contributed by atoms with Gasteiger partial charge in [-0.2, -0.15) is 4.31 Å². The molecule has 27 heavy (non-hydrogen) atoms. The molecule has 1 atom stereocenters. The number of hydrogen-bond acceptors (Lipinski definition) is 7. The first kappa shape index (κ1) is 17.8. The Labute approximate surface area is 154 Å². The normalized spacial score (nSPS) is 18.3. The Hall–Kier alpha value is -2.56. The SMILES string of the molecule is O=c1c2ccccc2nc(C2CCCN2S(=O)(=O)c2cnoc2)n1CCO. The molecule has 0 amide bonds. The molecule has 9 nitrogen and oxygen atoms in total. The predicted octanol–water partition coefficient (Wildman–Crippen LogP) is 0.903. The van der Waals surface area contributed by atoms with E-state index in [0.717, 1.165) is 12.5 Å². The lowest BCUT2D eigenvalue weighted by Gasteiger charge is -2.25. The van der Waals surface area contributed by atoms with Gasteiger partial charge in [-0.15, -0.1) is 0 Å². The molecule has 1 aliphatic heterocycles. The monoisotopic (exact) mass is 390 g/mol. The lowest BCUT2D eigenvalue weighted by atomic mass is 10.2. The summed E-state index contributed by atoms with van der Waals surface area (Å²) in [5.41, 5.74) is 0.208. The van der Waals surface area contributed by atoms with Crippen molar-refractivity contribution in [1.82, 2.24) is 19.0 Å². The van der Waals surface area contributed by atoms with E-state index in [-0.39, 0.29) is 23.6 Å². The van der Waals surface area contributed by atoms with Gasteiger partial charge in [0, 0.05) is 6.54 Å². The summed E-state index contributed by atoms with van der Waals surface area (Å²) < 4.78 is 33.3. The minimum absolute atomic E-state index is 0.0359.